The zero-order chi connectivity index (χ0) is 11.8. The van der Waals surface area contributed by atoms with Gasteiger partial charge in [0.15, 0.2) is 0 Å². The number of anilines is 1. The molecule has 6 nitrogen and oxygen atoms in total. The number of hydrogen-bond donors (Lipinski definition) is 2. The lowest BCUT2D eigenvalue weighted by Gasteiger charge is -2.15. The fraction of sp³-hybridized carbons (Fsp3) is 0.600. The number of hydrogen-bond acceptors (Lipinski definition) is 6. The summed E-state index contributed by atoms with van der Waals surface area (Å²) in [5.74, 6) is 0.615. The molecule has 16 heavy (non-hydrogen) atoms. The van der Waals surface area contributed by atoms with Crippen molar-refractivity contribution < 1.29 is 14.6 Å². The van der Waals surface area contributed by atoms with E-state index in [4.69, 9.17) is 14.6 Å². The molecule has 0 saturated carbocycles. The largest absolute Gasteiger partial charge is 0.390 e. The molecular formula is C10H17N3O3. The van der Waals surface area contributed by atoms with E-state index in [9.17, 15) is 0 Å². The van der Waals surface area contributed by atoms with Crippen molar-refractivity contribution in [1.29, 1.82) is 0 Å². The Hall–Kier alpha value is -1.24. The standard InChI is InChI=1S/C10H17N3O3/c1-15-7-9(16-2)4-12-10-5-11-3-8(6-14)13-10/h3,5,9,14H,4,6-7H2,1-2H3,(H,12,13). The maximum Gasteiger partial charge on any atom is 0.144 e. The first-order valence-corrected chi connectivity index (χ1v) is 4.97. The minimum Gasteiger partial charge on any atom is -0.390 e. The molecule has 90 valence electrons. The zero-order valence-electron chi connectivity index (χ0n) is 9.51. The van der Waals surface area contributed by atoms with Crippen molar-refractivity contribution in [2.45, 2.75) is 12.7 Å². The Labute approximate surface area is 94.6 Å². The highest BCUT2D eigenvalue weighted by Crippen LogP contribution is 2.03. The number of nitrogens with one attached hydrogen (secondary N) is 1. The molecule has 0 aliphatic rings. The van der Waals surface area contributed by atoms with Gasteiger partial charge in [-0.25, -0.2) is 4.98 Å². The predicted molar refractivity (Wildman–Crippen MR) is 59.1 cm³/mol. The van der Waals surface area contributed by atoms with Crippen LogP contribution in [0.3, 0.4) is 0 Å². The van der Waals surface area contributed by atoms with Crippen LogP contribution in [-0.2, 0) is 16.1 Å². The second kappa shape index (κ2) is 7.10. The fourth-order valence-corrected chi connectivity index (χ4v) is 1.18. The van der Waals surface area contributed by atoms with Crippen molar-refractivity contribution in [3.8, 4) is 0 Å². The summed E-state index contributed by atoms with van der Waals surface area (Å²) in [6.45, 7) is 0.971. The lowest BCUT2D eigenvalue weighted by molar-refractivity contribution is 0.0365. The van der Waals surface area contributed by atoms with E-state index in [1.165, 1.54) is 6.20 Å². The minimum absolute atomic E-state index is 0.0374. The molecule has 0 aromatic carbocycles. The topological polar surface area (TPSA) is 76.5 Å². The lowest BCUT2D eigenvalue weighted by Crippen LogP contribution is -2.27. The molecule has 0 amide bonds. The van der Waals surface area contributed by atoms with Crippen molar-refractivity contribution in [2.75, 3.05) is 32.7 Å². The number of ether oxygens (including phenoxy) is 2. The Bertz CT molecular complexity index is 309. The summed E-state index contributed by atoms with van der Waals surface area (Å²) in [5, 5.41) is 12.0. The Morgan fingerprint density at radius 1 is 1.44 bits per heavy atom. The van der Waals surface area contributed by atoms with E-state index in [0.29, 0.717) is 24.7 Å². The van der Waals surface area contributed by atoms with Gasteiger partial charge in [0.2, 0.25) is 0 Å². The summed E-state index contributed by atoms with van der Waals surface area (Å²) in [6.07, 6.45) is 3.08. The molecule has 0 bridgehead atoms. The first-order chi connectivity index (χ1) is 7.80. The number of methoxy groups -OCH3 is 2. The van der Waals surface area contributed by atoms with E-state index in [1.807, 2.05) is 0 Å². The van der Waals surface area contributed by atoms with Gasteiger partial charge in [0.25, 0.3) is 0 Å². The Balaban J connectivity index is 2.46. The predicted octanol–water partition coefficient (Wildman–Crippen LogP) is 0.0422. The van der Waals surface area contributed by atoms with E-state index in [0.717, 1.165) is 0 Å². The molecule has 0 aliphatic carbocycles. The summed E-state index contributed by atoms with van der Waals surface area (Å²) in [5.41, 5.74) is 0.533. The first-order valence-electron chi connectivity index (χ1n) is 4.97. The van der Waals surface area contributed by atoms with Gasteiger partial charge in [-0.05, 0) is 0 Å². The van der Waals surface area contributed by atoms with Gasteiger partial charge in [0.1, 0.15) is 5.82 Å². The van der Waals surface area contributed by atoms with Crippen LogP contribution in [0.2, 0.25) is 0 Å². The molecule has 0 spiro atoms. The van der Waals surface area contributed by atoms with Gasteiger partial charge >= 0.3 is 0 Å². The summed E-state index contributed by atoms with van der Waals surface area (Å²) in [7, 11) is 3.25. The molecule has 1 rings (SSSR count). The minimum atomic E-state index is -0.117. The van der Waals surface area contributed by atoms with Gasteiger partial charge in [-0.3, -0.25) is 4.98 Å². The molecule has 1 unspecified atom stereocenters. The van der Waals surface area contributed by atoms with Crippen LogP contribution in [-0.4, -0.2) is 48.5 Å². The molecule has 0 saturated heterocycles. The monoisotopic (exact) mass is 227 g/mol. The van der Waals surface area contributed by atoms with Crippen LogP contribution >= 0.6 is 0 Å². The average molecular weight is 227 g/mol. The molecule has 6 heteroatoms. The number of aliphatic hydroxyl groups excluding tert-OH is 1. The SMILES string of the molecule is COCC(CNc1cncc(CO)n1)OC. The summed E-state index contributed by atoms with van der Waals surface area (Å²) < 4.78 is 10.2. The number of aromatic nitrogens is 2. The zero-order valence-corrected chi connectivity index (χ0v) is 9.51. The number of aliphatic hydroxyl groups is 1. The fourth-order valence-electron chi connectivity index (χ4n) is 1.18. The maximum absolute atomic E-state index is 8.89. The summed E-state index contributed by atoms with van der Waals surface area (Å²) in [6, 6.07) is 0. The van der Waals surface area contributed by atoms with Gasteiger partial charge in [0.05, 0.1) is 37.4 Å². The van der Waals surface area contributed by atoms with Crippen molar-refractivity contribution in [1.82, 2.24) is 9.97 Å². The maximum atomic E-state index is 8.89. The van der Waals surface area contributed by atoms with E-state index in [-0.39, 0.29) is 12.7 Å². The molecule has 0 aliphatic heterocycles. The second-order valence-corrected chi connectivity index (χ2v) is 3.25. The molecule has 1 aromatic rings. The molecule has 0 fully saturated rings. The highest BCUT2D eigenvalue weighted by atomic mass is 16.5. The van der Waals surface area contributed by atoms with Crippen molar-refractivity contribution in [2.24, 2.45) is 0 Å². The van der Waals surface area contributed by atoms with Crippen molar-refractivity contribution in [3.63, 3.8) is 0 Å². The van der Waals surface area contributed by atoms with E-state index in [2.05, 4.69) is 15.3 Å². The number of rotatable bonds is 7. The third-order valence-corrected chi connectivity index (χ3v) is 2.04. The quantitative estimate of drug-likeness (QED) is 0.685. The van der Waals surface area contributed by atoms with Gasteiger partial charge in [0, 0.05) is 20.8 Å². The Kier molecular flexibility index (Phi) is 5.69. The Morgan fingerprint density at radius 2 is 2.25 bits per heavy atom. The lowest BCUT2D eigenvalue weighted by atomic mass is 10.3. The van der Waals surface area contributed by atoms with Crippen LogP contribution < -0.4 is 5.32 Å². The molecule has 1 heterocycles. The number of nitrogens with zero attached hydrogens (tertiary/aromatic N) is 2. The smallest absolute Gasteiger partial charge is 0.144 e. The van der Waals surface area contributed by atoms with Crippen molar-refractivity contribution in [3.05, 3.63) is 18.1 Å². The highest BCUT2D eigenvalue weighted by Gasteiger charge is 2.06. The Morgan fingerprint density at radius 3 is 2.88 bits per heavy atom. The third kappa shape index (κ3) is 4.09. The van der Waals surface area contributed by atoms with Crippen LogP contribution in [0.1, 0.15) is 5.69 Å². The molecule has 2 N–H and O–H groups in total. The van der Waals surface area contributed by atoms with Gasteiger partial charge < -0.3 is 19.9 Å². The molecular weight excluding hydrogens is 210 g/mol. The van der Waals surface area contributed by atoms with E-state index >= 15 is 0 Å². The van der Waals surface area contributed by atoms with Crippen LogP contribution in [0, 0.1) is 0 Å². The molecule has 1 atom stereocenters. The summed E-state index contributed by atoms with van der Waals surface area (Å²) in [4.78, 5) is 8.09. The first kappa shape index (κ1) is 12.8. The molecule has 1 aromatic heterocycles. The van der Waals surface area contributed by atoms with Crippen LogP contribution in [0.25, 0.3) is 0 Å². The van der Waals surface area contributed by atoms with Gasteiger partial charge in [-0.1, -0.05) is 0 Å². The highest BCUT2D eigenvalue weighted by molar-refractivity contribution is 5.31. The van der Waals surface area contributed by atoms with E-state index in [1.54, 1.807) is 20.4 Å². The van der Waals surface area contributed by atoms with Gasteiger partial charge in [-0.15, -0.1) is 0 Å². The average Bonchev–Trinajstić information content (AvgIpc) is 2.34. The summed E-state index contributed by atoms with van der Waals surface area (Å²) >= 11 is 0. The van der Waals surface area contributed by atoms with Crippen LogP contribution in [0.15, 0.2) is 12.4 Å². The van der Waals surface area contributed by atoms with E-state index < -0.39 is 0 Å². The van der Waals surface area contributed by atoms with Gasteiger partial charge in [-0.2, -0.15) is 0 Å². The normalized spacial score (nSPS) is 12.4. The molecule has 0 radical (unpaired) electrons. The second-order valence-electron chi connectivity index (χ2n) is 3.25. The third-order valence-electron chi connectivity index (χ3n) is 2.04. The van der Waals surface area contributed by atoms with Crippen LogP contribution in [0.4, 0.5) is 5.82 Å². The van der Waals surface area contributed by atoms with Crippen molar-refractivity contribution >= 4 is 5.82 Å². The van der Waals surface area contributed by atoms with Crippen LogP contribution in [0.5, 0.6) is 0 Å².